The number of nitrogens with zero attached hydrogens (tertiary/aromatic N) is 5. The highest BCUT2D eigenvalue weighted by Crippen LogP contribution is 2.30. The number of amides is 1. The second-order valence-corrected chi connectivity index (χ2v) is 8.86. The van der Waals surface area contributed by atoms with Crippen LogP contribution >= 0.6 is 0 Å². The highest BCUT2D eigenvalue weighted by molar-refractivity contribution is 6.09. The quantitative estimate of drug-likeness (QED) is 0.335. The third-order valence-corrected chi connectivity index (χ3v) is 6.25. The summed E-state index contributed by atoms with van der Waals surface area (Å²) in [5.41, 5.74) is 4.37. The minimum absolute atomic E-state index is 0.288. The molecule has 0 bridgehead atoms. The number of hydrogen-bond acceptors (Lipinski definition) is 4. The Morgan fingerprint density at radius 3 is 2.68 bits per heavy atom. The summed E-state index contributed by atoms with van der Waals surface area (Å²) >= 11 is 0. The first kappa shape index (κ1) is 22.1. The minimum atomic E-state index is -0.288. The first-order valence-corrected chi connectivity index (χ1v) is 11.6. The van der Waals surface area contributed by atoms with Gasteiger partial charge >= 0.3 is 0 Å². The first-order chi connectivity index (χ1) is 16.5. The van der Waals surface area contributed by atoms with Gasteiger partial charge < -0.3 is 19.1 Å². The lowest BCUT2D eigenvalue weighted by molar-refractivity contribution is 0.100. The number of imidazole rings is 1. The van der Waals surface area contributed by atoms with E-state index in [-0.39, 0.29) is 5.91 Å². The van der Waals surface area contributed by atoms with Gasteiger partial charge in [0.15, 0.2) is 0 Å². The van der Waals surface area contributed by atoms with Gasteiger partial charge in [-0.1, -0.05) is 42.5 Å². The van der Waals surface area contributed by atoms with Crippen molar-refractivity contribution in [1.82, 2.24) is 14.5 Å². The van der Waals surface area contributed by atoms with Crippen LogP contribution < -0.4 is 4.90 Å². The summed E-state index contributed by atoms with van der Waals surface area (Å²) in [6.45, 7) is 5.59. The molecule has 3 aromatic carbocycles. The molecular weight excluding hydrogens is 426 g/mol. The number of anilines is 1. The zero-order valence-electron chi connectivity index (χ0n) is 19.9. The average Bonchev–Trinajstić information content (AvgIpc) is 3.17. The van der Waals surface area contributed by atoms with Gasteiger partial charge in [-0.3, -0.25) is 4.79 Å². The van der Waals surface area contributed by atoms with Gasteiger partial charge in [0.2, 0.25) is 0 Å². The summed E-state index contributed by atoms with van der Waals surface area (Å²) in [6, 6.07) is 18.9. The molecule has 7 nitrogen and oxygen atoms in total. The number of fused-ring (bicyclic) bond motifs is 2. The maximum absolute atomic E-state index is 13.1. The number of ether oxygens (including phenoxy) is 1. The summed E-state index contributed by atoms with van der Waals surface area (Å²) in [7, 11) is 3.69. The van der Waals surface area contributed by atoms with Crippen molar-refractivity contribution >= 4 is 39.7 Å². The van der Waals surface area contributed by atoms with Crippen molar-refractivity contribution in [2.75, 3.05) is 45.3 Å². The van der Waals surface area contributed by atoms with Crippen LogP contribution in [0.2, 0.25) is 0 Å². The summed E-state index contributed by atoms with van der Waals surface area (Å²) in [4.78, 5) is 26.2. The molecule has 1 aromatic heterocycles. The fraction of sp³-hybridized carbons (Fsp3) is 0.296. The predicted molar refractivity (Wildman–Crippen MR) is 137 cm³/mol. The van der Waals surface area contributed by atoms with E-state index in [9.17, 15) is 4.79 Å². The molecule has 0 unspecified atom stereocenters. The molecule has 1 saturated heterocycles. The predicted octanol–water partition coefficient (Wildman–Crippen LogP) is 4.11. The normalized spacial score (nSPS) is 14.4. The van der Waals surface area contributed by atoms with Crippen molar-refractivity contribution in [2.24, 2.45) is 4.99 Å². The molecule has 1 aliphatic rings. The molecule has 1 aliphatic heterocycles. The number of benzene rings is 3. The first-order valence-electron chi connectivity index (χ1n) is 11.6. The van der Waals surface area contributed by atoms with Crippen molar-refractivity contribution < 1.29 is 9.53 Å². The Balaban J connectivity index is 1.65. The van der Waals surface area contributed by atoms with Crippen LogP contribution in [0.5, 0.6) is 0 Å². The van der Waals surface area contributed by atoms with Gasteiger partial charge in [-0.25, -0.2) is 4.98 Å². The molecule has 0 saturated carbocycles. The van der Waals surface area contributed by atoms with Crippen LogP contribution in [0, 0.1) is 6.92 Å². The van der Waals surface area contributed by atoms with Crippen LogP contribution in [0.3, 0.4) is 0 Å². The zero-order chi connectivity index (χ0) is 23.7. The number of aryl methyl sites for hydroxylation is 1. The topological polar surface area (TPSA) is 63.0 Å². The van der Waals surface area contributed by atoms with E-state index >= 15 is 0 Å². The van der Waals surface area contributed by atoms with Crippen LogP contribution in [0.15, 0.2) is 59.6 Å². The van der Waals surface area contributed by atoms with Crippen LogP contribution in [-0.2, 0) is 11.3 Å². The molecule has 0 aliphatic carbocycles. The van der Waals surface area contributed by atoms with Crippen molar-refractivity contribution in [2.45, 2.75) is 13.5 Å². The smallest absolute Gasteiger partial charge is 0.280 e. The van der Waals surface area contributed by atoms with Crippen molar-refractivity contribution in [3.05, 3.63) is 71.5 Å². The van der Waals surface area contributed by atoms with Gasteiger partial charge in [-0.05, 0) is 35.4 Å². The fourth-order valence-electron chi connectivity index (χ4n) is 4.53. The standard InChI is InChI=1S/C27H29N5O2/c1-19-29-26-24(27(33)28-18-30(2)3)15-22(31-11-13-34-14-12-31)16-25(26)32(19)17-21-9-6-8-20-7-4-5-10-23(20)21/h4-10,15-16,18H,11-14,17H2,1-3H3/b28-18+. The molecule has 0 atom stereocenters. The zero-order valence-corrected chi connectivity index (χ0v) is 19.9. The summed E-state index contributed by atoms with van der Waals surface area (Å²) in [6.07, 6.45) is 1.54. The van der Waals surface area contributed by atoms with E-state index in [0.29, 0.717) is 30.8 Å². The maximum atomic E-state index is 13.1. The van der Waals surface area contributed by atoms with Gasteiger partial charge in [0.05, 0.1) is 30.6 Å². The fourth-order valence-corrected chi connectivity index (χ4v) is 4.53. The summed E-state index contributed by atoms with van der Waals surface area (Å²) in [5, 5.41) is 2.44. The Labute approximate surface area is 199 Å². The molecule has 0 radical (unpaired) electrons. The highest BCUT2D eigenvalue weighted by Gasteiger charge is 2.21. The lowest BCUT2D eigenvalue weighted by Crippen LogP contribution is -2.36. The van der Waals surface area contributed by atoms with Crippen LogP contribution in [0.4, 0.5) is 5.69 Å². The highest BCUT2D eigenvalue weighted by atomic mass is 16.5. The molecule has 34 heavy (non-hydrogen) atoms. The summed E-state index contributed by atoms with van der Waals surface area (Å²) < 4.78 is 7.75. The van der Waals surface area contributed by atoms with E-state index in [1.54, 1.807) is 4.90 Å². The van der Waals surface area contributed by atoms with Crippen LogP contribution in [0.25, 0.3) is 21.8 Å². The lowest BCUT2D eigenvalue weighted by Gasteiger charge is -2.29. The largest absolute Gasteiger partial charge is 0.378 e. The van der Waals surface area contributed by atoms with Crippen molar-refractivity contribution in [3.63, 3.8) is 0 Å². The maximum Gasteiger partial charge on any atom is 0.280 e. The van der Waals surface area contributed by atoms with E-state index in [1.165, 1.54) is 22.7 Å². The Morgan fingerprint density at radius 1 is 1.12 bits per heavy atom. The van der Waals surface area contributed by atoms with E-state index in [4.69, 9.17) is 9.72 Å². The lowest BCUT2D eigenvalue weighted by atomic mass is 10.0. The molecule has 0 spiro atoms. The SMILES string of the molecule is Cc1nc2c(C(=O)/N=C/N(C)C)cc(N3CCOCC3)cc2n1Cc1cccc2ccccc12. The average molecular weight is 456 g/mol. The second kappa shape index (κ2) is 9.27. The number of hydrogen-bond donors (Lipinski definition) is 0. The number of carbonyl (C=O) groups excluding carboxylic acids is 1. The third kappa shape index (κ3) is 4.26. The molecule has 1 fully saturated rings. The Kier molecular flexibility index (Phi) is 6.02. The number of aromatic nitrogens is 2. The van der Waals surface area contributed by atoms with Crippen LogP contribution in [0.1, 0.15) is 21.7 Å². The number of carbonyl (C=O) groups is 1. The Hall–Kier alpha value is -3.71. The third-order valence-electron chi connectivity index (χ3n) is 6.25. The Morgan fingerprint density at radius 2 is 1.88 bits per heavy atom. The van der Waals surface area contributed by atoms with Gasteiger partial charge in [-0.15, -0.1) is 0 Å². The second-order valence-electron chi connectivity index (χ2n) is 8.86. The molecule has 4 aromatic rings. The van der Waals surface area contributed by atoms with Crippen LogP contribution in [-0.4, -0.2) is 67.1 Å². The molecule has 0 N–H and O–H groups in total. The van der Waals surface area contributed by atoms with Gasteiger partial charge in [0, 0.05) is 39.4 Å². The number of aliphatic imine (C=N–C) groups is 1. The molecule has 1 amide bonds. The van der Waals surface area contributed by atoms with Gasteiger partial charge in [0.1, 0.15) is 11.3 Å². The monoisotopic (exact) mass is 455 g/mol. The molecule has 174 valence electrons. The van der Waals surface area contributed by atoms with E-state index < -0.39 is 0 Å². The van der Waals surface area contributed by atoms with Crippen molar-refractivity contribution in [1.29, 1.82) is 0 Å². The summed E-state index contributed by atoms with van der Waals surface area (Å²) in [5.74, 6) is 0.580. The van der Waals surface area contributed by atoms with Gasteiger partial charge in [-0.2, -0.15) is 4.99 Å². The van der Waals surface area contributed by atoms with Crippen molar-refractivity contribution in [3.8, 4) is 0 Å². The Bertz CT molecular complexity index is 1380. The van der Waals surface area contributed by atoms with Gasteiger partial charge in [0.25, 0.3) is 5.91 Å². The van der Waals surface area contributed by atoms with E-state index in [1.807, 2.05) is 27.1 Å². The van der Waals surface area contributed by atoms with E-state index in [2.05, 4.69) is 63.0 Å². The minimum Gasteiger partial charge on any atom is -0.378 e. The number of rotatable bonds is 5. The molecule has 7 heteroatoms. The molecular formula is C27H29N5O2. The molecule has 2 heterocycles. The number of morpholine rings is 1. The molecule has 5 rings (SSSR count). The van der Waals surface area contributed by atoms with E-state index in [0.717, 1.165) is 30.1 Å².